The minimum atomic E-state index is 0.0341. The maximum atomic E-state index is 9.56. The van der Waals surface area contributed by atoms with Crippen LogP contribution in [0.3, 0.4) is 0 Å². The summed E-state index contributed by atoms with van der Waals surface area (Å²) in [5, 5.41) is 13.9. The number of fused-ring (bicyclic) bond motifs is 1. The molecule has 0 spiro atoms. The average Bonchev–Trinajstić information content (AvgIpc) is 3.30. The second kappa shape index (κ2) is 9.50. The van der Waals surface area contributed by atoms with E-state index in [0.29, 0.717) is 41.8 Å². The Hall–Kier alpha value is -3.58. The fourth-order valence-electron chi connectivity index (χ4n) is 4.30. The molecule has 0 amide bonds. The first-order valence-corrected chi connectivity index (χ1v) is 11.2. The molecule has 1 aliphatic carbocycles. The Balaban J connectivity index is 1.28. The van der Waals surface area contributed by atoms with Gasteiger partial charge in [-0.1, -0.05) is 0 Å². The molecule has 0 aromatic carbocycles. The highest BCUT2D eigenvalue weighted by atomic mass is 16.5. The van der Waals surface area contributed by atoms with Crippen molar-refractivity contribution in [2.24, 2.45) is 0 Å². The van der Waals surface area contributed by atoms with E-state index in [1.165, 1.54) is 0 Å². The third-order valence-corrected chi connectivity index (χ3v) is 6.09. The predicted octanol–water partition coefficient (Wildman–Crippen LogP) is 2.61. The third kappa shape index (κ3) is 4.64. The molecule has 2 fully saturated rings. The molecule has 10 heteroatoms. The molecule has 1 saturated heterocycles. The Morgan fingerprint density at radius 3 is 2.39 bits per heavy atom. The predicted molar refractivity (Wildman–Crippen MR) is 119 cm³/mol. The Labute approximate surface area is 191 Å². The number of aromatic nitrogens is 4. The second-order valence-electron chi connectivity index (χ2n) is 8.17. The van der Waals surface area contributed by atoms with Crippen molar-refractivity contribution in [2.45, 2.75) is 37.9 Å². The first-order valence-electron chi connectivity index (χ1n) is 11.2. The van der Waals surface area contributed by atoms with Gasteiger partial charge in [-0.2, -0.15) is 20.3 Å². The Kier molecular flexibility index (Phi) is 6.13. The van der Waals surface area contributed by atoms with Gasteiger partial charge in [0.15, 0.2) is 5.75 Å². The highest BCUT2D eigenvalue weighted by Gasteiger charge is 2.26. The zero-order chi connectivity index (χ0) is 22.6. The van der Waals surface area contributed by atoms with Crippen LogP contribution in [-0.2, 0) is 4.74 Å². The summed E-state index contributed by atoms with van der Waals surface area (Å²) in [6.07, 6.45) is 10.2. The summed E-state index contributed by atoms with van der Waals surface area (Å²) < 4.78 is 24.7. The number of morpholine rings is 1. The maximum absolute atomic E-state index is 9.56. The van der Waals surface area contributed by atoms with Gasteiger partial charge in [0.05, 0.1) is 56.9 Å². The number of hydrogen-bond acceptors (Lipinski definition) is 9. The van der Waals surface area contributed by atoms with Crippen LogP contribution in [0.1, 0.15) is 31.2 Å². The standard InChI is InChI=1S/C23H26N6O4/c1-30-20-13-25-23(26-14-20)33-19-4-2-18(3-5-19)32-21-10-17(28-6-8-31-9-7-28)15-29-22(21)16(11-24)12-27-29/h10,12-15,18-19H,2-9H2,1H3. The smallest absolute Gasteiger partial charge is 0.316 e. The monoisotopic (exact) mass is 450 g/mol. The second-order valence-corrected chi connectivity index (χ2v) is 8.17. The van der Waals surface area contributed by atoms with Crippen LogP contribution in [0.5, 0.6) is 17.5 Å². The molecule has 0 unspecified atom stereocenters. The van der Waals surface area contributed by atoms with Gasteiger partial charge in [0, 0.05) is 19.2 Å². The first kappa shape index (κ1) is 21.3. The Bertz CT molecular complexity index is 1130. The molecule has 1 saturated carbocycles. The molecule has 0 N–H and O–H groups in total. The van der Waals surface area contributed by atoms with Crippen LogP contribution < -0.4 is 19.1 Å². The first-order chi connectivity index (χ1) is 16.2. The fraction of sp³-hybridized carbons (Fsp3) is 0.478. The number of hydrogen-bond donors (Lipinski definition) is 0. The Morgan fingerprint density at radius 1 is 1.03 bits per heavy atom. The number of nitriles is 1. The zero-order valence-corrected chi connectivity index (χ0v) is 18.5. The summed E-state index contributed by atoms with van der Waals surface area (Å²) in [5.74, 6) is 1.29. The minimum Gasteiger partial charge on any atom is -0.494 e. The van der Waals surface area contributed by atoms with Crippen molar-refractivity contribution in [1.29, 1.82) is 5.26 Å². The molecular weight excluding hydrogens is 424 g/mol. The van der Waals surface area contributed by atoms with E-state index in [4.69, 9.17) is 18.9 Å². The van der Waals surface area contributed by atoms with Gasteiger partial charge in [0.1, 0.15) is 29.0 Å². The SMILES string of the molecule is COc1cnc(OC2CCC(Oc3cc(N4CCOCC4)cn4ncc(C#N)c34)CC2)nc1. The number of methoxy groups -OCH3 is 1. The molecule has 0 atom stereocenters. The number of anilines is 1. The minimum absolute atomic E-state index is 0.0341. The van der Waals surface area contributed by atoms with E-state index in [0.717, 1.165) is 44.5 Å². The van der Waals surface area contributed by atoms with Crippen molar-refractivity contribution in [2.75, 3.05) is 38.3 Å². The van der Waals surface area contributed by atoms with E-state index in [2.05, 4.69) is 26.0 Å². The van der Waals surface area contributed by atoms with Gasteiger partial charge >= 0.3 is 6.01 Å². The molecule has 0 bridgehead atoms. The normalized spacial score (nSPS) is 20.9. The Morgan fingerprint density at radius 2 is 1.73 bits per heavy atom. The van der Waals surface area contributed by atoms with Gasteiger partial charge in [-0.05, 0) is 25.7 Å². The molecule has 3 aromatic heterocycles. The lowest BCUT2D eigenvalue weighted by atomic mass is 9.95. The van der Waals surface area contributed by atoms with Gasteiger partial charge in [-0.3, -0.25) is 0 Å². The van der Waals surface area contributed by atoms with Gasteiger partial charge in [-0.25, -0.2) is 4.52 Å². The molecular formula is C23H26N6O4. The van der Waals surface area contributed by atoms with E-state index < -0.39 is 0 Å². The van der Waals surface area contributed by atoms with Crippen molar-refractivity contribution in [3.63, 3.8) is 0 Å². The van der Waals surface area contributed by atoms with Crippen LogP contribution in [0.15, 0.2) is 30.9 Å². The summed E-state index contributed by atoms with van der Waals surface area (Å²) in [6, 6.07) is 4.61. The number of rotatable bonds is 6. The number of ether oxygens (including phenoxy) is 4. The van der Waals surface area contributed by atoms with Gasteiger partial charge < -0.3 is 23.8 Å². The van der Waals surface area contributed by atoms with Crippen LogP contribution in [0.4, 0.5) is 5.69 Å². The average molecular weight is 450 g/mol. The summed E-state index contributed by atoms with van der Waals surface area (Å²) in [7, 11) is 1.58. The summed E-state index contributed by atoms with van der Waals surface area (Å²) in [5.41, 5.74) is 2.23. The van der Waals surface area contributed by atoms with Gasteiger partial charge in [-0.15, -0.1) is 0 Å². The summed E-state index contributed by atoms with van der Waals surface area (Å²) in [4.78, 5) is 10.6. The van der Waals surface area contributed by atoms with Crippen LogP contribution >= 0.6 is 0 Å². The molecule has 1 aliphatic heterocycles. The largest absolute Gasteiger partial charge is 0.494 e. The van der Waals surface area contributed by atoms with Crippen LogP contribution in [0, 0.1) is 11.3 Å². The van der Waals surface area contributed by atoms with E-state index in [-0.39, 0.29) is 12.2 Å². The van der Waals surface area contributed by atoms with Crippen molar-refractivity contribution < 1.29 is 18.9 Å². The van der Waals surface area contributed by atoms with E-state index in [1.807, 2.05) is 12.3 Å². The molecule has 0 radical (unpaired) electrons. The van der Waals surface area contributed by atoms with Crippen molar-refractivity contribution >= 4 is 11.2 Å². The molecule has 2 aliphatic rings. The lowest BCUT2D eigenvalue weighted by Gasteiger charge is -2.31. The summed E-state index contributed by atoms with van der Waals surface area (Å²) >= 11 is 0. The van der Waals surface area contributed by atoms with Crippen LogP contribution in [-0.4, -0.2) is 65.2 Å². The highest BCUT2D eigenvalue weighted by molar-refractivity contribution is 5.72. The molecule has 3 aromatic rings. The fourth-order valence-corrected chi connectivity index (χ4v) is 4.30. The van der Waals surface area contributed by atoms with Crippen molar-refractivity contribution in [3.05, 3.63) is 36.4 Å². The van der Waals surface area contributed by atoms with Gasteiger partial charge in [0.25, 0.3) is 0 Å². The number of nitrogens with zero attached hydrogens (tertiary/aromatic N) is 6. The topological polar surface area (TPSA) is 107 Å². The van der Waals surface area contributed by atoms with Crippen LogP contribution in [0.2, 0.25) is 0 Å². The summed E-state index contributed by atoms with van der Waals surface area (Å²) in [6.45, 7) is 3.01. The van der Waals surface area contributed by atoms with Crippen molar-refractivity contribution in [3.8, 4) is 23.6 Å². The third-order valence-electron chi connectivity index (χ3n) is 6.09. The quantitative estimate of drug-likeness (QED) is 0.560. The molecule has 33 heavy (non-hydrogen) atoms. The molecule has 5 rings (SSSR count). The highest BCUT2D eigenvalue weighted by Crippen LogP contribution is 2.33. The molecule has 10 nitrogen and oxygen atoms in total. The lowest BCUT2D eigenvalue weighted by molar-refractivity contribution is 0.0754. The van der Waals surface area contributed by atoms with E-state index >= 15 is 0 Å². The lowest BCUT2D eigenvalue weighted by Crippen LogP contribution is -2.36. The van der Waals surface area contributed by atoms with Gasteiger partial charge in [0.2, 0.25) is 0 Å². The maximum Gasteiger partial charge on any atom is 0.316 e. The van der Waals surface area contributed by atoms with E-state index in [1.54, 1.807) is 30.2 Å². The molecule has 172 valence electrons. The van der Waals surface area contributed by atoms with Crippen molar-refractivity contribution in [1.82, 2.24) is 19.6 Å². The molecule has 4 heterocycles. The van der Waals surface area contributed by atoms with Crippen LogP contribution in [0.25, 0.3) is 5.52 Å². The van der Waals surface area contributed by atoms with E-state index in [9.17, 15) is 5.26 Å². The number of pyridine rings is 1. The zero-order valence-electron chi connectivity index (χ0n) is 18.5.